The highest BCUT2D eigenvalue weighted by Gasteiger charge is 2.13. The van der Waals surface area contributed by atoms with Gasteiger partial charge in [0.05, 0.1) is 0 Å². The molecule has 0 radical (unpaired) electrons. The average molecular weight is 335 g/mol. The molecule has 0 nitrogen and oxygen atoms in total. The van der Waals surface area contributed by atoms with Gasteiger partial charge in [0.25, 0.3) is 0 Å². The Labute approximate surface area is 141 Å². The largest absolute Gasteiger partial charge is 0.108 e. The van der Waals surface area contributed by atoms with Crippen LogP contribution in [0.3, 0.4) is 0 Å². The summed E-state index contributed by atoms with van der Waals surface area (Å²) in [7, 11) is 0. The van der Waals surface area contributed by atoms with Crippen molar-refractivity contribution in [3.05, 3.63) is 0 Å². The molecule has 0 aromatic carbocycles. The standard InChI is InChI=1S/C17H34S3/c1-5-6-7-8-9-10-11-12-13-14-15-19-16(18)20-17(2,3)4/h5-15H2,1-4H3. The number of unbranched alkanes of at least 4 members (excludes halogenated alkanes) is 9. The van der Waals surface area contributed by atoms with Gasteiger partial charge >= 0.3 is 0 Å². The molecule has 0 aliphatic carbocycles. The molecule has 0 aromatic heterocycles. The van der Waals surface area contributed by atoms with Crippen LogP contribution in [0.5, 0.6) is 0 Å². The number of thiocarbonyl (C=S) groups is 1. The van der Waals surface area contributed by atoms with E-state index in [1.165, 1.54) is 70.0 Å². The molecule has 0 spiro atoms. The Morgan fingerprint density at radius 3 is 1.70 bits per heavy atom. The van der Waals surface area contributed by atoms with E-state index in [1.54, 1.807) is 0 Å². The zero-order valence-corrected chi connectivity index (χ0v) is 16.5. The Kier molecular flexibility index (Phi) is 14.0. The summed E-state index contributed by atoms with van der Waals surface area (Å²) >= 11 is 9.11. The third-order valence-corrected chi connectivity index (χ3v) is 5.82. The van der Waals surface area contributed by atoms with Crippen LogP contribution in [0.15, 0.2) is 0 Å². The lowest BCUT2D eigenvalue weighted by Gasteiger charge is -2.17. The zero-order valence-electron chi connectivity index (χ0n) is 14.0. The van der Waals surface area contributed by atoms with Gasteiger partial charge in [-0.2, -0.15) is 0 Å². The molecule has 0 saturated carbocycles. The molecule has 0 fully saturated rings. The van der Waals surface area contributed by atoms with Gasteiger partial charge in [0.15, 0.2) is 0 Å². The summed E-state index contributed by atoms with van der Waals surface area (Å²) in [5.74, 6) is 1.21. The van der Waals surface area contributed by atoms with E-state index in [0.717, 1.165) is 3.53 Å². The minimum absolute atomic E-state index is 0.266. The van der Waals surface area contributed by atoms with Crippen molar-refractivity contribution in [1.82, 2.24) is 0 Å². The highest BCUT2D eigenvalue weighted by atomic mass is 32.2. The normalized spacial score (nSPS) is 11.8. The van der Waals surface area contributed by atoms with E-state index in [4.69, 9.17) is 12.2 Å². The van der Waals surface area contributed by atoms with Gasteiger partial charge in [-0.25, -0.2) is 0 Å². The van der Waals surface area contributed by atoms with Crippen molar-refractivity contribution in [2.24, 2.45) is 0 Å². The molecular weight excluding hydrogens is 300 g/mol. The number of thioether (sulfide) groups is 2. The maximum absolute atomic E-state index is 5.40. The van der Waals surface area contributed by atoms with Crippen LogP contribution in [0.25, 0.3) is 0 Å². The van der Waals surface area contributed by atoms with E-state index in [1.807, 2.05) is 23.5 Å². The molecule has 0 heterocycles. The van der Waals surface area contributed by atoms with Crippen molar-refractivity contribution in [1.29, 1.82) is 0 Å². The third-order valence-electron chi connectivity index (χ3n) is 3.11. The summed E-state index contributed by atoms with van der Waals surface area (Å²) in [6.07, 6.45) is 14.1. The van der Waals surface area contributed by atoms with Gasteiger partial charge in [0, 0.05) is 4.75 Å². The quantitative estimate of drug-likeness (QED) is 0.284. The van der Waals surface area contributed by atoms with Crippen LogP contribution in [-0.2, 0) is 0 Å². The molecule has 0 aliphatic heterocycles. The van der Waals surface area contributed by atoms with Crippen molar-refractivity contribution >= 4 is 39.3 Å². The van der Waals surface area contributed by atoms with Crippen molar-refractivity contribution in [3.8, 4) is 0 Å². The van der Waals surface area contributed by atoms with Gasteiger partial charge in [-0.15, -0.1) is 23.5 Å². The monoisotopic (exact) mass is 334 g/mol. The van der Waals surface area contributed by atoms with E-state index in [9.17, 15) is 0 Å². The first kappa shape index (κ1) is 20.8. The zero-order chi connectivity index (χ0) is 15.3. The second-order valence-electron chi connectivity index (χ2n) is 6.49. The molecule has 0 unspecified atom stereocenters. The van der Waals surface area contributed by atoms with Crippen LogP contribution < -0.4 is 0 Å². The molecule has 0 amide bonds. The molecule has 120 valence electrons. The van der Waals surface area contributed by atoms with Crippen LogP contribution in [0.1, 0.15) is 91.9 Å². The average Bonchev–Trinajstić information content (AvgIpc) is 2.34. The van der Waals surface area contributed by atoms with E-state index >= 15 is 0 Å². The lowest BCUT2D eigenvalue weighted by molar-refractivity contribution is 0.563. The van der Waals surface area contributed by atoms with Gasteiger partial charge in [-0.3, -0.25) is 0 Å². The van der Waals surface area contributed by atoms with Crippen LogP contribution in [0, 0.1) is 0 Å². The lowest BCUT2D eigenvalue weighted by Crippen LogP contribution is -2.09. The SMILES string of the molecule is CCCCCCCCCCCCSC(=S)SC(C)(C)C. The minimum Gasteiger partial charge on any atom is -0.108 e. The first-order valence-electron chi connectivity index (χ1n) is 8.31. The van der Waals surface area contributed by atoms with Gasteiger partial charge in [-0.05, 0) is 12.2 Å². The molecule has 0 bridgehead atoms. The van der Waals surface area contributed by atoms with Gasteiger partial charge in [-0.1, -0.05) is 97.7 Å². The molecule has 3 heteroatoms. The predicted octanol–water partition coefficient (Wildman–Crippen LogP) is 7.46. The highest BCUT2D eigenvalue weighted by molar-refractivity contribution is 8.47. The summed E-state index contributed by atoms with van der Waals surface area (Å²) in [5.41, 5.74) is 0. The summed E-state index contributed by atoms with van der Waals surface area (Å²) in [5, 5.41) is 0. The smallest absolute Gasteiger partial charge is 0.104 e. The molecule has 0 aliphatic rings. The van der Waals surface area contributed by atoms with Crippen molar-refractivity contribution in [2.45, 2.75) is 96.7 Å². The predicted molar refractivity (Wildman–Crippen MR) is 104 cm³/mol. The van der Waals surface area contributed by atoms with Crippen molar-refractivity contribution in [2.75, 3.05) is 5.75 Å². The fourth-order valence-corrected chi connectivity index (χ4v) is 5.28. The highest BCUT2D eigenvalue weighted by Crippen LogP contribution is 2.30. The molecule has 0 N–H and O–H groups in total. The van der Waals surface area contributed by atoms with E-state index in [2.05, 4.69) is 27.7 Å². The Morgan fingerprint density at radius 2 is 1.25 bits per heavy atom. The van der Waals surface area contributed by atoms with E-state index in [0.29, 0.717) is 0 Å². The molecule has 0 atom stereocenters. The second kappa shape index (κ2) is 13.5. The second-order valence-corrected chi connectivity index (χ2v) is 10.6. The van der Waals surface area contributed by atoms with E-state index < -0.39 is 0 Å². The summed E-state index contributed by atoms with van der Waals surface area (Å²) in [6.45, 7) is 8.96. The summed E-state index contributed by atoms with van der Waals surface area (Å²) in [4.78, 5) is 0. The van der Waals surface area contributed by atoms with Crippen LogP contribution in [-0.4, -0.2) is 14.0 Å². The number of rotatable bonds is 11. The van der Waals surface area contributed by atoms with Crippen LogP contribution >= 0.6 is 35.7 Å². The molecule has 0 aromatic rings. The molecule has 0 saturated heterocycles. The fourth-order valence-electron chi connectivity index (χ4n) is 2.02. The van der Waals surface area contributed by atoms with Gasteiger partial charge in [0.2, 0.25) is 0 Å². The topological polar surface area (TPSA) is 0 Å². The Balaban J connectivity index is 3.19. The fraction of sp³-hybridized carbons (Fsp3) is 0.941. The Hall–Kier alpha value is 0.790. The minimum atomic E-state index is 0.266. The maximum atomic E-state index is 5.40. The molecule has 0 rings (SSSR count). The first-order chi connectivity index (χ1) is 9.45. The van der Waals surface area contributed by atoms with Gasteiger partial charge < -0.3 is 0 Å². The number of hydrogen-bond acceptors (Lipinski definition) is 3. The van der Waals surface area contributed by atoms with Gasteiger partial charge in [0.1, 0.15) is 3.53 Å². The Morgan fingerprint density at radius 1 is 0.800 bits per heavy atom. The lowest BCUT2D eigenvalue weighted by atomic mass is 10.1. The summed E-state index contributed by atoms with van der Waals surface area (Å²) in [6, 6.07) is 0. The maximum Gasteiger partial charge on any atom is 0.104 e. The molecule has 20 heavy (non-hydrogen) atoms. The number of hydrogen-bond donors (Lipinski definition) is 0. The Bertz CT molecular complexity index is 231. The molecular formula is C17H34S3. The van der Waals surface area contributed by atoms with Crippen molar-refractivity contribution < 1.29 is 0 Å². The van der Waals surface area contributed by atoms with Crippen molar-refractivity contribution in [3.63, 3.8) is 0 Å². The van der Waals surface area contributed by atoms with Crippen LogP contribution in [0.2, 0.25) is 0 Å². The van der Waals surface area contributed by atoms with E-state index in [-0.39, 0.29) is 4.75 Å². The third kappa shape index (κ3) is 16.8. The summed E-state index contributed by atoms with van der Waals surface area (Å²) < 4.78 is 1.38. The first-order valence-corrected chi connectivity index (χ1v) is 10.5. The van der Waals surface area contributed by atoms with Crippen LogP contribution in [0.4, 0.5) is 0 Å².